The average Bonchev–Trinajstić information content (AvgIpc) is 2.29. The van der Waals surface area contributed by atoms with Gasteiger partial charge in [-0.3, -0.25) is 0 Å². The third-order valence-electron chi connectivity index (χ3n) is 2.84. The Morgan fingerprint density at radius 3 is 2.25 bits per heavy atom. The highest BCUT2D eigenvalue weighted by molar-refractivity contribution is 5.37. The summed E-state index contributed by atoms with van der Waals surface area (Å²) in [5.41, 5.74) is 4.28. The van der Waals surface area contributed by atoms with Crippen molar-refractivity contribution in [1.82, 2.24) is 0 Å². The molecule has 16 heavy (non-hydrogen) atoms. The number of aliphatic hydroxyl groups excluding tert-OH is 1. The van der Waals surface area contributed by atoms with E-state index >= 15 is 0 Å². The maximum absolute atomic E-state index is 10.3. The van der Waals surface area contributed by atoms with Crippen molar-refractivity contribution in [3.8, 4) is 0 Å². The molecule has 0 aliphatic rings. The van der Waals surface area contributed by atoms with Crippen molar-refractivity contribution in [1.29, 1.82) is 0 Å². The Balaban J connectivity index is 2.38. The van der Waals surface area contributed by atoms with E-state index in [1.807, 2.05) is 49.4 Å². The highest BCUT2D eigenvalue weighted by Crippen LogP contribution is 2.24. The van der Waals surface area contributed by atoms with Gasteiger partial charge < -0.3 is 5.11 Å². The monoisotopic (exact) mass is 212 g/mol. The van der Waals surface area contributed by atoms with E-state index in [1.165, 1.54) is 5.56 Å². The van der Waals surface area contributed by atoms with Gasteiger partial charge in [0.1, 0.15) is 6.10 Å². The highest BCUT2D eigenvalue weighted by Gasteiger charge is 2.11. The third-order valence-corrected chi connectivity index (χ3v) is 2.84. The third kappa shape index (κ3) is 2.15. The Bertz CT molecular complexity index is 474. The summed E-state index contributed by atoms with van der Waals surface area (Å²) in [4.78, 5) is 0. The molecule has 0 heterocycles. The molecule has 0 fully saturated rings. The first-order chi connectivity index (χ1) is 7.68. The van der Waals surface area contributed by atoms with Crippen molar-refractivity contribution in [2.75, 3.05) is 0 Å². The van der Waals surface area contributed by atoms with Gasteiger partial charge in [-0.1, -0.05) is 54.1 Å². The van der Waals surface area contributed by atoms with Gasteiger partial charge in [-0.15, -0.1) is 0 Å². The van der Waals surface area contributed by atoms with E-state index in [2.05, 4.69) is 13.0 Å². The predicted octanol–water partition coefficient (Wildman–Crippen LogP) is 3.39. The molecule has 1 nitrogen and oxygen atoms in total. The van der Waals surface area contributed by atoms with Crippen LogP contribution in [0.25, 0.3) is 0 Å². The number of hydrogen-bond acceptors (Lipinski definition) is 1. The molecule has 1 heteroatoms. The van der Waals surface area contributed by atoms with Crippen LogP contribution in [0.5, 0.6) is 0 Å². The molecule has 0 aliphatic heterocycles. The lowest BCUT2D eigenvalue weighted by atomic mass is 9.96. The Labute approximate surface area is 96.4 Å². The summed E-state index contributed by atoms with van der Waals surface area (Å²) in [5, 5.41) is 10.3. The molecule has 2 aromatic rings. The molecule has 0 amide bonds. The molecule has 0 radical (unpaired) electrons. The van der Waals surface area contributed by atoms with Crippen LogP contribution in [0.2, 0.25) is 0 Å². The van der Waals surface area contributed by atoms with Crippen molar-refractivity contribution in [2.24, 2.45) is 0 Å². The number of hydrogen-bond donors (Lipinski definition) is 1. The summed E-state index contributed by atoms with van der Waals surface area (Å²) in [5.74, 6) is 0. The molecule has 2 rings (SSSR count). The van der Waals surface area contributed by atoms with Gasteiger partial charge in [0.05, 0.1) is 0 Å². The van der Waals surface area contributed by atoms with Crippen LogP contribution in [-0.2, 0) is 0 Å². The van der Waals surface area contributed by atoms with Crippen LogP contribution in [0.15, 0.2) is 48.5 Å². The van der Waals surface area contributed by atoms with Gasteiger partial charge >= 0.3 is 0 Å². The Morgan fingerprint density at radius 2 is 1.62 bits per heavy atom. The first-order valence-corrected chi connectivity index (χ1v) is 5.48. The number of benzene rings is 2. The summed E-state index contributed by atoms with van der Waals surface area (Å²) in [7, 11) is 0. The summed E-state index contributed by atoms with van der Waals surface area (Å²) in [6.45, 7) is 4.10. The van der Waals surface area contributed by atoms with E-state index in [4.69, 9.17) is 0 Å². The lowest BCUT2D eigenvalue weighted by Gasteiger charge is -2.14. The molecule has 82 valence electrons. The molecule has 0 unspecified atom stereocenters. The molecule has 0 saturated carbocycles. The minimum absolute atomic E-state index is 0.526. The zero-order chi connectivity index (χ0) is 11.5. The van der Waals surface area contributed by atoms with Gasteiger partial charge in [0.15, 0.2) is 0 Å². The molecule has 0 bridgehead atoms. The van der Waals surface area contributed by atoms with Crippen molar-refractivity contribution >= 4 is 0 Å². The van der Waals surface area contributed by atoms with Gasteiger partial charge in [0.25, 0.3) is 0 Å². The van der Waals surface area contributed by atoms with Crippen molar-refractivity contribution < 1.29 is 5.11 Å². The molecule has 0 aliphatic carbocycles. The van der Waals surface area contributed by atoms with Crippen molar-refractivity contribution in [3.63, 3.8) is 0 Å². The number of aliphatic hydroxyl groups is 1. The molecule has 0 aromatic heterocycles. The van der Waals surface area contributed by atoms with Crippen LogP contribution >= 0.6 is 0 Å². The van der Waals surface area contributed by atoms with Crippen LogP contribution in [0.3, 0.4) is 0 Å². The van der Waals surface area contributed by atoms with E-state index in [0.29, 0.717) is 0 Å². The minimum Gasteiger partial charge on any atom is -0.384 e. The maximum Gasteiger partial charge on any atom is 0.104 e. The fraction of sp³-hybridized carbons (Fsp3) is 0.200. The first-order valence-electron chi connectivity index (χ1n) is 5.48. The van der Waals surface area contributed by atoms with Crippen LogP contribution in [-0.4, -0.2) is 5.11 Å². The van der Waals surface area contributed by atoms with Gasteiger partial charge in [-0.2, -0.15) is 0 Å². The Hall–Kier alpha value is -1.60. The SMILES string of the molecule is Cc1ccc([C@H](O)c2ccccc2)c(C)c1. The lowest BCUT2D eigenvalue weighted by Crippen LogP contribution is -2.01. The van der Waals surface area contributed by atoms with Crippen molar-refractivity contribution in [3.05, 3.63) is 70.8 Å². The smallest absolute Gasteiger partial charge is 0.104 e. The number of rotatable bonds is 2. The second-order valence-corrected chi connectivity index (χ2v) is 4.17. The topological polar surface area (TPSA) is 20.2 Å². The van der Waals surface area contributed by atoms with Crippen molar-refractivity contribution in [2.45, 2.75) is 20.0 Å². The van der Waals surface area contributed by atoms with Gasteiger partial charge in [0.2, 0.25) is 0 Å². The second kappa shape index (κ2) is 4.50. The zero-order valence-electron chi connectivity index (χ0n) is 9.64. The quantitative estimate of drug-likeness (QED) is 0.809. The second-order valence-electron chi connectivity index (χ2n) is 4.17. The largest absolute Gasteiger partial charge is 0.384 e. The van der Waals surface area contributed by atoms with Gasteiger partial charge in [0, 0.05) is 0 Å². The Morgan fingerprint density at radius 1 is 0.938 bits per heavy atom. The van der Waals surface area contributed by atoms with E-state index in [-0.39, 0.29) is 0 Å². The fourth-order valence-electron chi connectivity index (χ4n) is 1.95. The summed E-state index contributed by atoms with van der Waals surface area (Å²) < 4.78 is 0. The molecule has 1 atom stereocenters. The van der Waals surface area contributed by atoms with Crippen LogP contribution in [0, 0.1) is 13.8 Å². The molecule has 2 aromatic carbocycles. The molecular weight excluding hydrogens is 196 g/mol. The molecular formula is C15H16O. The van der Waals surface area contributed by atoms with E-state index in [0.717, 1.165) is 16.7 Å². The Kier molecular flexibility index (Phi) is 3.07. The zero-order valence-corrected chi connectivity index (χ0v) is 9.64. The normalized spacial score (nSPS) is 12.4. The average molecular weight is 212 g/mol. The van der Waals surface area contributed by atoms with Gasteiger partial charge in [-0.05, 0) is 30.5 Å². The lowest BCUT2D eigenvalue weighted by molar-refractivity contribution is 0.219. The number of aryl methyl sites for hydroxylation is 2. The fourth-order valence-corrected chi connectivity index (χ4v) is 1.95. The van der Waals surface area contributed by atoms with E-state index in [9.17, 15) is 5.11 Å². The van der Waals surface area contributed by atoms with E-state index < -0.39 is 6.10 Å². The summed E-state index contributed by atoms with van der Waals surface area (Å²) >= 11 is 0. The minimum atomic E-state index is -0.526. The predicted molar refractivity (Wildman–Crippen MR) is 66.4 cm³/mol. The van der Waals surface area contributed by atoms with Crippen LogP contribution in [0.1, 0.15) is 28.4 Å². The van der Waals surface area contributed by atoms with Crippen LogP contribution in [0.4, 0.5) is 0 Å². The van der Waals surface area contributed by atoms with E-state index in [1.54, 1.807) is 0 Å². The molecule has 0 spiro atoms. The maximum atomic E-state index is 10.3. The van der Waals surface area contributed by atoms with Crippen LogP contribution < -0.4 is 0 Å². The molecule has 1 N–H and O–H groups in total. The first kappa shape index (κ1) is 10.9. The highest BCUT2D eigenvalue weighted by atomic mass is 16.3. The summed E-state index contributed by atoms with van der Waals surface area (Å²) in [6.07, 6.45) is -0.526. The standard InChI is InChI=1S/C15H16O/c1-11-8-9-14(12(2)10-11)15(16)13-6-4-3-5-7-13/h3-10,15-16H,1-2H3/t15-/m1/s1. The molecule has 0 saturated heterocycles. The summed E-state index contributed by atoms with van der Waals surface area (Å²) in [6, 6.07) is 15.9. The van der Waals surface area contributed by atoms with Gasteiger partial charge in [-0.25, -0.2) is 0 Å².